The van der Waals surface area contributed by atoms with E-state index in [0.29, 0.717) is 13.2 Å². The Balaban J connectivity index is 1.62. The van der Waals surface area contributed by atoms with Crippen molar-refractivity contribution >= 4 is 0 Å². The zero-order valence-electron chi connectivity index (χ0n) is 11.2. The second-order valence-corrected chi connectivity index (χ2v) is 4.60. The van der Waals surface area contributed by atoms with Gasteiger partial charge in [0.1, 0.15) is 12.4 Å². The zero-order valence-corrected chi connectivity index (χ0v) is 11.2. The summed E-state index contributed by atoms with van der Waals surface area (Å²) >= 11 is 0. The van der Waals surface area contributed by atoms with Crippen LogP contribution >= 0.6 is 0 Å². The van der Waals surface area contributed by atoms with Gasteiger partial charge in [0.15, 0.2) is 0 Å². The average molecular weight is 249 g/mol. The molecule has 0 fully saturated rings. The van der Waals surface area contributed by atoms with Gasteiger partial charge < -0.3 is 14.8 Å². The van der Waals surface area contributed by atoms with Crippen LogP contribution in [0.15, 0.2) is 18.2 Å². The molecule has 3 heteroatoms. The lowest BCUT2D eigenvalue weighted by atomic mass is 10.1. The van der Waals surface area contributed by atoms with E-state index in [1.807, 2.05) is 0 Å². The fourth-order valence-corrected chi connectivity index (χ4v) is 2.28. The Hall–Kier alpha value is -1.06. The molecule has 3 nitrogen and oxygen atoms in total. The minimum Gasteiger partial charge on any atom is -0.491 e. The molecule has 18 heavy (non-hydrogen) atoms. The number of benzene rings is 1. The molecule has 0 amide bonds. The number of aryl methyl sites for hydroxylation is 2. The van der Waals surface area contributed by atoms with Crippen molar-refractivity contribution in [1.29, 1.82) is 0 Å². The van der Waals surface area contributed by atoms with Crippen molar-refractivity contribution in [1.82, 2.24) is 5.32 Å². The van der Waals surface area contributed by atoms with E-state index in [1.165, 1.54) is 30.4 Å². The summed E-state index contributed by atoms with van der Waals surface area (Å²) < 4.78 is 11.2. The van der Waals surface area contributed by atoms with Crippen LogP contribution in [-0.2, 0) is 17.6 Å². The number of likely N-dealkylation sites (N-methyl/N-ethyl adjacent to an activating group) is 1. The third-order valence-electron chi connectivity index (χ3n) is 3.24. The number of fused-ring (bicyclic) bond motifs is 1. The highest BCUT2D eigenvalue weighted by Crippen LogP contribution is 2.25. The minimum absolute atomic E-state index is 0.630. The number of hydrogen-bond acceptors (Lipinski definition) is 3. The maximum Gasteiger partial charge on any atom is 0.119 e. The summed E-state index contributed by atoms with van der Waals surface area (Å²) in [5.41, 5.74) is 2.95. The summed E-state index contributed by atoms with van der Waals surface area (Å²) in [4.78, 5) is 0. The number of hydrogen-bond donors (Lipinski definition) is 1. The minimum atomic E-state index is 0.630. The van der Waals surface area contributed by atoms with Gasteiger partial charge in [0.2, 0.25) is 0 Å². The molecular formula is C15H23NO2. The van der Waals surface area contributed by atoms with E-state index in [-0.39, 0.29) is 0 Å². The van der Waals surface area contributed by atoms with E-state index in [0.717, 1.165) is 25.4 Å². The Morgan fingerprint density at radius 1 is 1.11 bits per heavy atom. The van der Waals surface area contributed by atoms with E-state index in [2.05, 4.69) is 30.4 Å². The summed E-state index contributed by atoms with van der Waals surface area (Å²) in [6.45, 7) is 6.04. The van der Waals surface area contributed by atoms with Gasteiger partial charge in [-0.15, -0.1) is 0 Å². The highest BCUT2D eigenvalue weighted by Gasteiger charge is 2.10. The average Bonchev–Trinajstić information content (AvgIpc) is 2.85. The number of ether oxygens (including phenoxy) is 2. The molecular weight excluding hydrogens is 226 g/mol. The lowest BCUT2D eigenvalue weighted by Crippen LogP contribution is -2.20. The molecule has 1 N–H and O–H groups in total. The van der Waals surface area contributed by atoms with E-state index >= 15 is 0 Å². The van der Waals surface area contributed by atoms with Crippen molar-refractivity contribution in [3.8, 4) is 5.75 Å². The van der Waals surface area contributed by atoms with Gasteiger partial charge in [-0.25, -0.2) is 0 Å². The van der Waals surface area contributed by atoms with Crippen LogP contribution < -0.4 is 10.1 Å². The summed E-state index contributed by atoms with van der Waals surface area (Å²) in [5.74, 6) is 0.978. The summed E-state index contributed by atoms with van der Waals surface area (Å²) in [5, 5.41) is 3.22. The fraction of sp³-hybridized carbons (Fsp3) is 0.600. The summed E-state index contributed by atoms with van der Waals surface area (Å²) in [6.07, 6.45) is 3.71. The molecule has 0 bridgehead atoms. The van der Waals surface area contributed by atoms with E-state index < -0.39 is 0 Å². The molecule has 0 saturated heterocycles. The maximum absolute atomic E-state index is 5.69. The normalized spacial score (nSPS) is 13.6. The molecule has 0 aromatic heterocycles. The van der Waals surface area contributed by atoms with Crippen LogP contribution in [0.2, 0.25) is 0 Å². The fourth-order valence-electron chi connectivity index (χ4n) is 2.28. The second kappa shape index (κ2) is 7.39. The maximum atomic E-state index is 5.69. The molecule has 0 heterocycles. The van der Waals surface area contributed by atoms with Crippen molar-refractivity contribution in [3.63, 3.8) is 0 Å². The number of nitrogens with one attached hydrogen (secondary N) is 1. The molecule has 1 aromatic carbocycles. The molecule has 100 valence electrons. The quantitative estimate of drug-likeness (QED) is 0.716. The molecule has 1 aliphatic rings. The lowest BCUT2D eigenvalue weighted by molar-refractivity contribution is 0.102. The first-order valence-electron chi connectivity index (χ1n) is 6.93. The first-order chi connectivity index (χ1) is 8.90. The van der Waals surface area contributed by atoms with Gasteiger partial charge in [-0.05, 0) is 49.1 Å². The third-order valence-corrected chi connectivity index (χ3v) is 3.24. The predicted octanol–water partition coefficient (Wildman–Crippen LogP) is 2.18. The van der Waals surface area contributed by atoms with Crippen molar-refractivity contribution < 1.29 is 9.47 Å². The summed E-state index contributed by atoms with van der Waals surface area (Å²) in [7, 11) is 0. The van der Waals surface area contributed by atoms with Gasteiger partial charge in [-0.3, -0.25) is 0 Å². The monoisotopic (exact) mass is 249 g/mol. The topological polar surface area (TPSA) is 30.5 Å². The highest BCUT2D eigenvalue weighted by molar-refractivity contribution is 5.38. The van der Waals surface area contributed by atoms with Crippen molar-refractivity contribution in [3.05, 3.63) is 29.3 Å². The molecule has 0 unspecified atom stereocenters. The van der Waals surface area contributed by atoms with Crippen LogP contribution in [0.1, 0.15) is 24.5 Å². The molecule has 0 aliphatic heterocycles. The van der Waals surface area contributed by atoms with Crippen molar-refractivity contribution in [2.75, 3.05) is 32.9 Å². The van der Waals surface area contributed by atoms with Gasteiger partial charge >= 0.3 is 0 Å². The molecule has 0 radical (unpaired) electrons. The third kappa shape index (κ3) is 4.00. The van der Waals surface area contributed by atoms with Crippen LogP contribution in [-0.4, -0.2) is 32.9 Å². The molecule has 0 saturated carbocycles. The number of rotatable bonds is 8. The Kier molecular flexibility index (Phi) is 5.49. The smallest absolute Gasteiger partial charge is 0.119 e. The van der Waals surface area contributed by atoms with Crippen LogP contribution in [0.3, 0.4) is 0 Å². The summed E-state index contributed by atoms with van der Waals surface area (Å²) in [6, 6.07) is 6.45. The highest BCUT2D eigenvalue weighted by atomic mass is 16.5. The molecule has 1 aromatic rings. The van der Waals surface area contributed by atoms with E-state index in [9.17, 15) is 0 Å². The lowest BCUT2D eigenvalue weighted by Gasteiger charge is -2.09. The van der Waals surface area contributed by atoms with Gasteiger partial charge in [0.25, 0.3) is 0 Å². The first kappa shape index (κ1) is 13.4. The van der Waals surface area contributed by atoms with Crippen LogP contribution in [0, 0.1) is 0 Å². The molecule has 1 aliphatic carbocycles. The molecule has 0 spiro atoms. The van der Waals surface area contributed by atoms with Crippen LogP contribution in [0.4, 0.5) is 0 Å². The van der Waals surface area contributed by atoms with Crippen LogP contribution in [0.5, 0.6) is 5.75 Å². The standard InChI is InChI=1S/C15H23NO2/c1-2-16-8-9-17-10-11-18-15-7-6-13-4-3-5-14(13)12-15/h6-7,12,16H,2-5,8-11H2,1H3. The Morgan fingerprint density at radius 2 is 2.00 bits per heavy atom. The second-order valence-electron chi connectivity index (χ2n) is 4.60. The molecule has 0 atom stereocenters. The van der Waals surface area contributed by atoms with Gasteiger partial charge in [0.05, 0.1) is 13.2 Å². The Morgan fingerprint density at radius 3 is 2.89 bits per heavy atom. The Bertz CT molecular complexity index is 366. The van der Waals surface area contributed by atoms with E-state index in [4.69, 9.17) is 9.47 Å². The zero-order chi connectivity index (χ0) is 12.6. The first-order valence-corrected chi connectivity index (χ1v) is 6.93. The van der Waals surface area contributed by atoms with Crippen LogP contribution in [0.25, 0.3) is 0 Å². The van der Waals surface area contributed by atoms with Crippen molar-refractivity contribution in [2.45, 2.75) is 26.2 Å². The Labute approximate surface area is 109 Å². The van der Waals surface area contributed by atoms with E-state index in [1.54, 1.807) is 0 Å². The van der Waals surface area contributed by atoms with Gasteiger partial charge in [0, 0.05) is 6.54 Å². The van der Waals surface area contributed by atoms with Crippen molar-refractivity contribution in [2.24, 2.45) is 0 Å². The molecule has 2 rings (SSSR count). The SMILES string of the molecule is CCNCCOCCOc1ccc2c(c1)CCC2. The predicted molar refractivity (Wildman–Crippen MR) is 73.3 cm³/mol. The largest absolute Gasteiger partial charge is 0.491 e. The van der Waals surface area contributed by atoms with Gasteiger partial charge in [-0.2, -0.15) is 0 Å². The van der Waals surface area contributed by atoms with Gasteiger partial charge in [-0.1, -0.05) is 13.0 Å².